The topological polar surface area (TPSA) is 162 Å². The van der Waals surface area contributed by atoms with Gasteiger partial charge in [0.1, 0.15) is 17.6 Å². The van der Waals surface area contributed by atoms with Crippen LogP contribution < -0.4 is 20.9 Å². The van der Waals surface area contributed by atoms with Crippen LogP contribution >= 0.6 is 22.7 Å². The lowest BCUT2D eigenvalue weighted by atomic mass is 9.91. The number of ether oxygens (including phenoxy) is 2. The number of pyridine rings is 1. The minimum atomic E-state index is -2.25. The van der Waals surface area contributed by atoms with Crippen molar-refractivity contribution in [2.24, 2.45) is 0 Å². The predicted octanol–water partition coefficient (Wildman–Crippen LogP) is 8.27. The Morgan fingerprint density at radius 3 is 2.28 bits per heavy atom. The van der Waals surface area contributed by atoms with E-state index in [2.05, 4.69) is 54.4 Å². The van der Waals surface area contributed by atoms with Crippen molar-refractivity contribution in [2.45, 2.75) is 101 Å². The molecule has 3 aromatic heterocycles. The maximum absolute atomic E-state index is 13.4. The first-order valence-electron chi connectivity index (χ1n) is 20.4. The fraction of sp³-hybridized carbons (Fsp3) is 0.444. The third kappa shape index (κ3) is 10.4. The molecule has 6 rings (SSSR count). The second-order valence-electron chi connectivity index (χ2n) is 17.1. The Balaban J connectivity index is 1.00. The molecule has 5 aromatic rings. The maximum atomic E-state index is 13.4. The number of anilines is 1. The number of aromatic hydroxyl groups is 1. The van der Waals surface area contributed by atoms with E-state index in [4.69, 9.17) is 13.9 Å². The van der Waals surface area contributed by atoms with Crippen molar-refractivity contribution in [3.63, 3.8) is 0 Å². The molecule has 1 atom stereocenters. The molecular weight excluding hydrogens is 817 g/mol. The fourth-order valence-corrected chi connectivity index (χ4v) is 10.4. The molecule has 322 valence electrons. The minimum Gasteiger partial charge on any atom is -0.506 e. The quantitative estimate of drug-likeness (QED) is 0.0454. The molecule has 1 aliphatic carbocycles. The van der Waals surface area contributed by atoms with E-state index in [1.54, 1.807) is 31.4 Å². The zero-order valence-corrected chi connectivity index (χ0v) is 38.1. The number of aliphatic hydroxyl groups is 1. The lowest BCUT2D eigenvalue weighted by molar-refractivity contribution is -0.169. The molecule has 60 heavy (non-hydrogen) atoms. The van der Waals surface area contributed by atoms with Gasteiger partial charge < -0.3 is 44.6 Å². The molecule has 5 N–H and O–H groups in total. The molecule has 12 nitrogen and oxygen atoms in total. The number of rotatable bonds is 17. The lowest BCUT2D eigenvalue weighted by Gasteiger charge is -2.39. The summed E-state index contributed by atoms with van der Waals surface area (Å²) in [5, 5.41) is 33.1. The minimum absolute atomic E-state index is 0.00434. The number of nitrogens with zero attached hydrogens (tertiary/aromatic N) is 1. The number of amides is 1. The highest BCUT2D eigenvalue weighted by Gasteiger charge is 2.45. The van der Waals surface area contributed by atoms with Crippen molar-refractivity contribution >= 4 is 59.5 Å². The molecule has 0 aliphatic heterocycles. The summed E-state index contributed by atoms with van der Waals surface area (Å²) in [5.41, 5.74) is 0.693. The predicted molar refractivity (Wildman–Crippen MR) is 242 cm³/mol. The van der Waals surface area contributed by atoms with Crippen LogP contribution in [-0.4, -0.2) is 79.7 Å². The number of H-pyrrole nitrogens is 1. The van der Waals surface area contributed by atoms with Crippen molar-refractivity contribution in [3.05, 3.63) is 109 Å². The summed E-state index contributed by atoms with van der Waals surface area (Å²) >= 11 is 2.66. The summed E-state index contributed by atoms with van der Waals surface area (Å²) in [6, 6.07) is 19.7. The summed E-state index contributed by atoms with van der Waals surface area (Å²) in [7, 11) is 1.38. The number of phenols is 1. The number of esters is 1. The molecule has 0 bridgehead atoms. The van der Waals surface area contributed by atoms with Crippen molar-refractivity contribution < 1.29 is 33.7 Å². The highest BCUT2D eigenvalue weighted by atomic mass is 32.1. The molecule has 1 amide bonds. The van der Waals surface area contributed by atoms with Crippen LogP contribution in [0.15, 0.2) is 82.3 Å². The van der Waals surface area contributed by atoms with Crippen LogP contribution in [0, 0.1) is 0 Å². The average molecular weight is 875 g/mol. The Bertz CT molecular complexity index is 2250. The molecule has 1 aliphatic rings. The highest BCUT2D eigenvalue weighted by Crippen LogP contribution is 2.42. The number of hydrogen-bond acceptors (Lipinski definition) is 12. The first kappa shape index (κ1) is 45.2. The number of nitrogens with one attached hydrogen (secondary N) is 3. The largest absolute Gasteiger partial charge is 0.506 e. The first-order valence-corrected chi connectivity index (χ1v) is 25.1. The van der Waals surface area contributed by atoms with Crippen LogP contribution in [0.5, 0.6) is 11.5 Å². The standard InChI is InChI=1S/C45H58N4O8S2Si/c1-44(2,3)60(6,7)57-37(33-18-20-35(50)42-34(33)19-21-40(51)48-42)28-46-27-29-12-13-30(26-36(29)55-5)47-41(52)22-23-49(4)31-14-16-32(17-15-31)56-43(53)45(54,38-10-8-24-58-38)39-11-9-25-59-39/h8-13,18-21,24-26,31-32,37,46,50,54H,14-17,22-23,27-28H2,1-7H3,(H,47,52)(H,48,51)/t31-,32-,37-/m0/s1. The molecule has 0 radical (unpaired) electrons. The Morgan fingerprint density at radius 1 is 0.983 bits per heavy atom. The van der Waals surface area contributed by atoms with Crippen LogP contribution in [0.2, 0.25) is 18.1 Å². The van der Waals surface area contributed by atoms with Crippen LogP contribution in [0.1, 0.15) is 79.9 Å². The smallest absolute Gasteiger partial charge is 0.349 e. The molecule has 0 spiro atoms. The molecule has 1 saturated carbocycles. The SMILES string of the molecule is COc1cc(NC(=O)CCN(C)[C@H]2CC[C@H](OC(=O)C(O)(c3cccs3)c3cccs3)CC2)ccc1CNC[C@H](O[Si](C)(C)C(C)(C)C)c1ccc(O)c2[nH]c(=O)ccc12. The van der Waals surface area contributed by atoms with E-state index in [9.17, 15) is 24.6 Å². The Hall–Kier alpha value is -4.35. The molecule has 1 fully saturated rings. The van der Waals surface area contributed by atoms with Crippen molar-refractivity contribution in [3.8, 4) is 11.5 Å². The van der Waals surface area contributed by atoms with Gasteiger partial charge in [-0.3, -0.25) is 9.59 Å². The molecule has 3 heterocycles. The van der Waals surface area contributed by atoms with E-state index in [1.807, 2.05) is 54.2 Å². The number of phenolic OH excluding ortho intramolecular Hbond substituents is 1. The normalized spacial score (nSPS) is 16.8. The summed E-state index contributed by atoms with van der Waals surface area (Å²) in [5.74, 6) is -0.104. The maximum Gasteiger partial charge on any atom is 0.349 e. The molecule has 15 heteroatoms. The van der Waals surface area contributed by atoms with Gasteiger partial charge in [-0.25, -0.2) is 4.79 Å². The van der Waals surface area contributed by atoms with Gasteiger partial charge in [-0.15, -0.1) is 22.7 Å². The van der Waals surface area contributed by atoms with Gasteiger partial charge in [-0.1, -0.05) is 45.0 Å². The van der Waals surface area contributed by atoms with E-state index in [1.165, 1.54) is 28.7 Å². The Morgan fingerprint density at radius 2 is 1.67 bits per heavy atom. The van der Waals surface area contributed by atoms with Gasteiger partial charge in [0.15, 0.2) is 8.32 Å². The molecule has 2 aromatic carbocycles. The van der Waals surface area contributed by atoms with Gasteiger partial charge in [0.2, 0.25) is 17.1 Å². The highest BCUT2D eigenvalue weighted by molar-refractivity contribution is 7.12. The molecule has 0 unspecified atom stereocenters. The van der Waals surface area contributed by atoms with E-state index >= 15 is 0 Å². The van der Waals surface area contributed by atoms with Gasteiger partial charge in [-0.2, -0.15) is 0 Å². The number of methoxy groups -OCH3 is 1. The summed E-state index contributed by atoms with van der Waals surface area (Å²) in [4.78, 5) is 44.7. The fourth-order valence-electron chi connectivity index (χ4n) is 7.41. The Kier molecular flexibility index (Phi) is 14.4. The second kappa shape index (κ2) is 19.1. The molecular formula is C45H58N4O8S2Si. The number of thiophene rings is 2. The van der Waals surface area contributed by atoms with Crippen molar-refractivity contribution in [1.82, 2.24) is 15.2 Å². The van der Waals surface area contributed by atoms with E-state index < -0.39 is 19.9 Å². The number of carbonyl (C=O) groups is 2. The monoisotopic (exact) mass is 874 g/mol. The van der Waals surface area contributed by atoms with Gasteiger partial charge in [0, 0.05) is 60.9 Å². The van der Waals surface area contributed by atoms with Crippen LogP contribution in [0.25, 0.3) is 10.9 Å². The van der Waals surface area contributed by atoms with Crippen molar-refractivity contribution in [2.75, 3.05) is 32.6 Å². The first-order chi connectivity index (χ1) is 28.5. The van der Waals surface area contributed by atoms with Gasteiger partial charge >= 0.3 is 5.97 Å². The van der Waals surface area contributed by atoms with Crippen molar-refractivity contribution in [1.29, 1.82) is 0 Å². The third-order valence-electron chi connectivity index (χ3n) is 12.0. The van der Waals surface area contributed by atoms with Gasteiger partial charge in [0.25, 0.3) is 0 Å². The number of aromatic nitrogens is 1. The van der Waals surface area contributed by atoms with E-state index in [0.29, 0.717) is 65.6 Å². The summed E-state index contributed by atoms with van der Waals surface area (Å²) < 4.78 is 18.6. The number of aromatic amines is 1. The average Bonchev–Trinajstić information content (AvgIpc) is 3.97. The zero-order valence-electron chi connectivity index (χ0n) is 35.5. The Labute approximate surface area is 361 Å². The summed E-state index contributed by atoms with van der Waals surface area (Å²) in [6.07, 6.45) is 2.65. The van der Waals surface area contributed by atoms with E-state index in [0.717, 1.165) is 29.4 Å². The van der Waals surface area contributed by atoms with Crippen LogP contribution in [0.3, 0.4) is 0 Å². The van der Waals surface area contributed by atoms with Crippen LogP contribution in [-0.2, 0) is 30.9 Å². The summed E-state index contributed by atoms with van der Waals surface area (Å²) in [6.45, 7) is 12.5. The number of benzene rings is 2. The van der Waals surface area contributed by atoms with E-state index in [-0.39, 0.29) is 40.5 Å². The third-order valence-corrected chi connectivity index (χ3v) is 18.4. The number of hydrogen-bond donors (Lipinski definition) is 5. The molecule has 0 saturated heterocycles. The number of carbonyl (C=O) groups excluding carboxylic acids is 2. The van der Waals surface area contributed by atoms with Gasteiger partial charge in [0.05, 0.1) is 28.5 Å². The zero-order chi connectivity index (χ0) is 43.2. The second-order valence-corrected chi connectivity index (χ2v) is 23.7. The van der Waals surface area contributed by atoms with Gasteiger partial charge in [-0.05, 0) is 97.5 Å². The number of fused-ring (bicyclic) bond motifs is 1. The van der Waals surface area contributed by atoms with Crippen LogP contribution in [0.4, 0.5) is 5.69 Å². The lowest BCUT2D eigenvalue weighted by Crippen LogP contribution is -2.43.